The third-order valence-electron chi connectivity index (χ3n) is 6.83. The fourth-order valence-corrected chi connectivity index (χ4v) is 4.80. The minimum Gasteiger partial charge on any atom is -0.507 e. The van der Waals surface area contributed by atoms with E-state index in [4.69, 9.17) is 9.47 Å². The summed E-state index contributed by atoms with van der Waals surface area (Å²) in [7, 11) is 0. The van der Waals surface area contributed by atoms with Gasteiger partial charge in [0.05, 0.1) is 46.7 Å². The molecule has 10 heteroatoms. The Morgan fingerprint density at radius 1 is 0.805 bits per heavy atom. The van der Waals surface area contributed by atoms with Gasteiger partial charge >= 0.3 is 5.97 Å². The Balaban J connectivity index is 1.83. The van der Waals surface area contributed by atoms with Gasteiger partial charge in [-0.05, 0) is 37.6 Å². The second-order valence-corrected chi connectivity index (χ2v) is 9.60. The van der Waals surface area contributed by atoms with Gasteiger partial charge in [0.25, 0.3) is 0 Å². The van der Waals surface area contributed by atoms with Crippen molar-refractivity contribution >= 4 is 28.9 Å². The highest BCUT2D eigenvalue weighted by molar-refractivity contribution is 6.31. The van der Waals surface area contributed by atoms with E-state index in [1.807, 2.05) is 0 Å². The highest BCUT2D eigenvalue weighted by atomic mass is 19.1. The van der Waals surface area contributed by atoms with Crippen LogP contribution in [0.15, 0.2) is 36.4 Å². The van der Waals surface area contributed by atoms with Gasteiger partial charge in [-0.1, -0.05) is 51.2 Å². The number of esters is 1. The van der Waals surface area contributed by atoms with Crippen LogP contribution in [0.2, 0.25) is 0 Å². The predicted molar refractivity (Wildman–Crippen MR) is 148 cm³/mol. The molecule has 1 aliphatic carbocycles. The minimum atomic E-state index is -1.32. The number of nitrogens with one attached hydrogen (secondary N) is 1. The number of phenols is 2. The van der Waals surface area contributed by atoms with E-state index in [9.17, 15) is 24.6 Å². The molecule has 0 atom stereocenters. The molecule has 0 fully saturated rings. The molecule has 3 aromatic rings. The van der Waals surface area contributed by atoms with Crippen molar-refractivity contribution in [1.29, 1.82) is 0 Å². The van der Waals surface area contributed by atoms with Gasteiger partial charge in [0, 0.05) is 0 Å². The van der Waals surface area contributed by atoms with Gasteiger partial charge in [0.1, 0.15) is 17.2 Å². The van der Waals surface area contributed by atoms with E-state index in [0.29, 0.717) is 6.42 Å². The van der Waals surface area contributed by atoms with Crippen molar-refractivity contribution in [3.63, 3.8) is 0 Å². The summed E-state index contributed by atoms with van der Waals surface area (Å²) < 4.78 is 43.2. The number of fused-ring (bicyclic) bond motifs is 2. The van der Waals surface area contributed by atoms with Crippen molar-refractivity contribution < 1.29 is 42.9 Å². The molecule has 4 rings (SSSR count). The third-order valence-corrected chi connectivity index (χ3v) is 6.83. The number of halogens is 2. The number of hydrogen-bond acceptors (Lipinski definition) is 8. The lowest BCUT2D eigenvalue weighted by Gasteiger charge is -2.24. The number of rotatable bonds is 12. The quantitative estimate of drug-likeness (QED) is 0.0970. The third kappa shape index (κ3) is 5.73. The Bertz CT molecular complexity index is 1500. The largest absolute Gasteiger partial charge is 0.507 e. The Morgan fingerprint density at radius 2 is 1.39 bits per heavy atom. The molecule has 0 radical (unpaired) electrons. The summed E-state index contributed by atoms with van der Waals surface area (Å²) in [6, 6.07) is 7.94. The molecule has 0 heterocycles. The Hall–Kier alpha value is -4.47. The zero-order chi connectivity index (χ0) is 29.7. The highest BCUT2D eigenvalue weighted by Gasteiger charge is 2.42. The number of carbonyl (C=O) groups is 3. The standard InChI is InChI=1S/C31H31F2NO7/c1-3-5-6-7-8-11-16-41-30-26(33)24-23(28(37)21-19(35)14-15-20(36)22(21)29(24)38)25(32)27(30)34-18-13-10-9-12-17(18)31(39)40-4-2/h9-10,12-15,34-36H,3-8,11,16H2,1-2H3. The zero-order valence-corrected chi connectivity index (χ0v) is 22.8. The maximum absolute atomic E-state index is 16.3. The van der Waals surface area contributed by atoms with Gasteiger partial charge < -0.3 is 25.0 Å². The van der Waals surface area contributed by atoms with Gasteiger partial charge in [0.15, 0.2) is 17.4 Å². The molecule has 0 saturated heterocycles. The number of phenolic OH excluding ortho intramolecular Hbond substituents is 2. The highest BCUT2D eigenvalue weighted by Crippen LogP contribution is 2.45. The first-order valence-corrected chi connectivity index (χ1v) is 13.6. The van der Waals surface area contributed by atoms with Gasteiger partial charge in [-0.25, -0.2) is 13.6 Å². The van der Waals surface area contributed by atoms with Crippen molar-refractivity contribution in [2.75, 3.05) is 18.5 Å². The van der Waals surface area contributed by atoms with Gasteiger partial charge in [0.2, 0.25) is 11.6 Å². The minimum absolute atomic E-state index is 0.0137. The number of aromatic hydroxyl groups is 2. The Morgan fingerprint density at radius 3 is 2.02 bits per heavy atom. The lowest BCUT2D eigenvalue weighted by atomic mass is 9.82. The summed E-state index contributed by atoms with van der Waals surface area (Å²) in [4.78, 5) is 39.3. The van der Waals surface area contributed by atoms with Crippen LogP contribution in [0.5, 0.6) is 17.2 Å². The summed E-state index contributed by atoms with van der Waals surface area (Å²) in [5.74, 6) is -7.71. The van der Waals surface area contributed by atoms with E-state index in [-0.39, 0.29) is 24.5 Å². The number of para-hydroxylation sites is 1. The lowest BCUT2D eigenvalue weighted by molar-refractivity contribution is 0.0527. The van der Waals surface area contributed by atoms with E-state index in [2.05, 4.69) is 12.2 Å². The fraction of sp³-hybridized carbons (Fsp3) is 0.323. The van der Waals surface area contributed by atoms with E-state index >= 15 is 8.78 Å². The molecular weight excluding hydrogens is 536 g/mol. The smallest absolute Gasteiger partial charge is 0.340 e. The predicted octanol–water partition coefficient (Wildman–Crippen LogP) is 6.81. The monoisotopic (exact) mass is 567 g/mol. The summed E-state index contributed by atoms with van der Waals surface area (Å²) in [5.41, 5.74) is -3.65. The van der Waals surface area contributed by atoms with E-state index in [1.54, 1.807) is 19.1 Å². The van der Waals surface area contributed by atoms with Crippen LogP contribution < -0.4 is 10.1 Å². The topological polar surface area (TPSA) is 122 Å². The fourth-order valence-electron chi connectivity index (χ4n) is 4.80. The first-order chi connectivity index (χ1) is 19.7. The van der Waals surface area contributed by atoms with E-state index < -0.39 is 74.4 Å². The average Bonchev–Trinajstić information content (AvgIpc) is 2.95. The van der Waals surface area contributed by atoms with Crippen molar-refractivity contribution in [2.24, 2.45) is 0 Å². The number of carbonyl (C=O) groups excluding carboxylic acids is 3. The van der Waals surface area contributed by atoms with Gasteiger partial charge in [-0.15, -0.1) is 0 Å². The van der Waals surface area contributed by atoms with Crippen LogP contribution in [-0.4, -0.2) is 41.0 Å². The number of unbranched alkanes of at least 4 members (excludes halogenated alkanes) is 5. The maximum Gasteiger partial charge on any atom is 0.340 e. The molecule has 8 nitrogen and oxygen atoms in total. The number of ketones is 2. The summed E-state index contributed by atoms with van der Waals surface area (Å²) in [6.07, 6.45) is 5.42. The summed E-state index contributed by atoms with van der Waals surface area (Å²) in [5, 5.41) is 23.2. The zero-order valence-electron chi connectivity index (χ0n) is 22.8. The Kier molecular flexibility index (Phi) is 9.21. The van der Waals surface area contributed by atoms with Gasteiger partial charge in [-0.2, -0.15) is 0 Å². The molecule has 3 N–H and O–H groups in total. The molecule has 0 bridgehead atoms. The lowest BCUT2D eigenvalue weighted by Crippen LogP contribution is -2.26. The molecule has 41 heavy (non-hydrogen) atoms. The van der Waals surface area contributed by atoms with Gasteiger partial charge in [-0.3, -0.25) is 9.59 Å². The SMILES string of the molecule is CCCCCCCCOc1c(F)c2c(c(F)c1Nc1ccccc1C(=O)OCC)C(=O)c1c(O)ccc(O)c1C2=O. The summed E-state index contributed by atoms with van der Waals surface area (Å²) >= 11 is 0. The molecular formula is C31H31F2NO7. The molecule has 216 valence electrons. The summed E-state index contributed by atoms with van der Waals surface area (Å²) in [6.45, 7) is 3.78. The molecule has 3 aromatic carbocycles. The molecule has 0 spiro atoms. The van der Waals surface area contributed by atoms with Crippen LogP contribution in [0.1, 0.15) is 94.6 Å². The van der Waals surface area contributed by atoms with Crippen LogP contribution in [-0.2, 0) is 4.74 Å². The van der Waals surface area contributed by atoms with Crippen molar-refractivity contribution in [3.8, 4) is 17.2 Å². The second-order valence-electron chi connectivity index (χ2n) is 9.60. The van der Waals surface area contributed by atoms with Crippen LogP contribution in [0.3, 0.4) is 0 Å². The number of ether oxygens (including phenoxy) is 2. The van der Waals surface area contributed by atoms with Crippen LogP contribution in [0, 0.1) is 11.6 Å². The van der Waals surface area contributed by atoms with Crippen LogP contribution in [0.4, 0.5) is 20.2 Å². The van der Waals surface area contributed by atoms with Crippen molar-refractivity contribution in [1.82, 2.24) is 0 Å². The Labute approximate surface area is 235 Å². The van der Waals surface area contributed by atoms with Crippen LogP contribution in [0.25, 0.3) is 0 Å². The number of benzene rings is 3. The first kappa shape index (κ1) is 29.5. The van der Waals surface area contributed by atoms with E-state index in [1.165, 1.54) is 12.1 Å². The number of hydrogen-bond donors (Lipinski definition) is 3. The molecule has 1 aliphatic rings. The van der Waals surface area contributed by atoms with Crippen molar-refractivity contribution in [2.45, 2.75) is 52.4 Å². The number of anilines is 2. The van der Waals surface area contributed by atoms with Crippen LogP contribution >= 0.6 is 0 Å². The molecule has 0 unspecified atom stereocenters. The molecule has 0 amide bonds. The second kappa shape index (κ2) is 12.8. The normalized spacial score (nSPS) is 12.1. The molecule has 0 saturated carbocycles. The maximum atomic E-state index is 16.3. The molecule has 0 aliphatic heterocycles. The van der Waals surface area contributed by atoms with E-state index in [0.717, 1.165) is 44.2 Å². The average molecular weight is 568 g/mol. The van der Waals surface area contributed by atoms with Crippen molar-refractivity contribution in [3.05, 3.63) is 75.8 Å². The first-order valence-electron chi connectivity index (χ1n) is 13.6. The molecule has 0 aromatic heterocycles.